The van der Waals surface area contributed by atoms with E-state index in [2.05, 4.69) is 26.1 Å². The molecule has 19 heavy (non-hydrogen) atoms. The van der Waals surface area contributed by atoms with E-state index in [1.54, 1.807) is 6.07 Å². The number of hydrogen-bond acceptors (Lipinski definition) is 3. The molecule has 2 unspecified atom stereocenters. The quantitative estimate of drug-likeness (QED) is 0.819. The molecule has 0 saturated carbocycles. The highest BCUT2D eigenvalue weighted by Gasteiger charge is 2.35. The number of fused-ring (bicyclic) bond motifs is 1. The van der Waals surface area contributed by atoms with Crippen molar-refractivity contribution in [3.05, 3.63) is 22.4 Å². The van der Waals surface area contributed by atoms with E-state index in [1.807, 2.05) is 0 Å². The van der Waals surface area contributed by atoms with Crippen molar-refractivity contribution in [1.29, 1.82) is 0 Å². The second kappa shape index (κ2) is 5.29. The summed E-state index contributed by atoms with van der Waals surface area (Å²) in [5, 5.41) is 3.45. The number of halogens is 2. The van der Waals surface area contributed by atoms with Crippen molar-refractivity contribution in [3.8, 4) is 0 Å². The molecule has 2 saturated heterocycles. The van der Waals surface area contributed by atoms with Crippen LogP contribution in [-0.2, 0) is 0 Å². The van der Waals surface area contributed by atoms with E-state index in [9.17, 15) is 4.39 Å². The Morgan fingerprint density at radius 2 is 2.11 bits per heavy atom. The third-order valence-corrected chi connectivity index (χ3v) is 4.90. The second-order valence-corrected chi connectivity index (χ2v) is 6.35. The van der Waals surface area contributed by atoms with Gasteiger partial charge in [-0.3, -0.25) is 4.90 Å². The Kier molecular flexibility index (Phi) is 3.67. The zero-order valence-corrected chi connectivity index (χ0v) is 12.4. The van der Waals surface area contributed by atoms with Crippen molar-refractivity contribution >= 4 is 27.3 Å². The molecule has 1 aromatic carbocycles. The third kappa shape index (κ3) is 2.58. The molecule has 2 aliphatic rings. The number of anilines is 2. The summed E-state index contributed by atoms with van der Waals surface area (Å²) in [6, 6.07) is 4.10. The number of nitrogens with two attached hydrogens (primary N) is 1. The first kappa shape index (κ1) is 13.2. The predicted octanol–water partition coefficient (Wildman–Crippen LogP) is 3.21. The second-order valence-electron chi connectivity index (χ2n) is 5.49. The smallest absolute Gasteiger partial charge is 0.139 e. The van der Waals surface area contributed by atoms with Crippen LogP contribution in [0.25, 0.3) is 0 Å². The summed E-state index contributed by atoms with van der Waals surface area (Å²) < 4.78 is 14.0. The van der Waals surface area contributed by atoms with Crippen LogP contribution in [0.4, 0.5) is 15.8 Å². The van der Waals surface area contributed by atoms with Crippen molar-refractivity contribution in [3.63, 3.8) is 0 Å². The van der Waals surface area contributed by atoms with Crippen LogP contribution in [0, 0.1) is 5.82 Å². The van der Waals surface area contributed by atoms with Crippen molar-refractivity contribution < 1.29 is 4.39 Å². The third-order valence-electron chi connectivity index (χ3n) is 4.29. The predicted molar refractivity (Wildman–Crippen MR) is 79.8 cm³/mol. The van der Waals surface area contributed by atoms with E-state index in [0.29, 0.717) is 22.2 Å². The summed E-state index contributed by atoms with van der Waals surface area (Å²) in [6.07, 6.45) is 4.94. The maximum atomic E-state index is 13.6. The van der Waals surface area contributed by atoms with Gasteiger partial charge in [-0.15, -0.1) is 0 Å². The Morgan fingerprint density at radius 3 is 2.95 bits per heavy atom. The molecular formula is C14H19BrFN3. The molecule has 0 radical (unpaired) electrons. The molecular weight excluding hydrogens is 309 g/mol. The first-order valence-corrected chi connectivity index (χ1v) is 7.69. The van der Waals surface area contributed by atoms with Gasteiger partial charge in [-0.1, -0.05) is 6.42 Å². The summed E-state index contributed by atoms with van der Waals surface area (Å²) in [4.78, 5) is 2.55. The fourth-order valence-electron chi connectivity index (χ4n) is 3.30. The van der Waals surface area contributed by atoms with Crippen LogP contribution in [0.2, 0.25) is 0 Å². The fourth-order valence-corrected chi connectivity index (χ4v) is 3.66. The summed E-state index contributed by atoms with van der Waals surface area (Å²) in [5.41, 5.74) is 7.28. The van der Waals surface area contributed by atoms with Crippen LogP contribution in [0.1, 0.15) is 25.7 Å². The zero-order valence-electron chi connectivity index (χ0n) is 10.8. The van der Waals surface area contributed by atoms with Gasteiger partial charge in [-0.05, 0) is 47.8 Å². The number of nitrogens with zero attached hydrogens (tertiary/aromatic N) is 1. The molecule has 104 valence electrons. The van der Waals surface area contributed by atoms with E-state index in [0.717, 1.165) is 18.7 Å². The van der Waals surface area contributed by atoms with Gasteiger partial charge in [0.05, 0.1) is 15.8 Å². The van der Waals surface area contributed by atoms with Gasteiger partial charge in [0.15, 0.2) is 0 Å². The van der Waals surface area contributed by atoms with Gasteiger partial charge in [0.25, 0.3) is 0 Å². The minimum atomic E-state index is -0.268. The average Bonchev–Trinajstić information content (AvgIpc) is 2.80. The minimum Gasteiger partial charge on any atom is -0.397 e. The van der Waals surface area contributed by atoms with Gasteiger partial charge in [0, 0.05) is 24.7 Å². The number of benzene rings is 1. The van der Waals surface area contributed by atoms with Crippen LogP contribution in [-0.4, -0.2) is 30.1 Å². The molecule has 3 rings (SSSR count). The summed E-state index contributed by atoms with van der Waals surface area (Å²) in [6.45, 7) is 2.34. The van der Waals surface area contributed by atoms with Crippen molar-refractivity contribution in [1.82, 2.24) is 4.90 Å². The number of nitrogens with one attached hydrogen (secondary N) is 1. The largest absolute Gasteiger partial charge is 0.397 e. The Hall–Kier alpha value is -0.810. The lowest BCUT2D eigenvalue weighted by atomic mass is 9.99. The molecule has 0 bridgehead atoms. The van der Waals surface area contributed by atoms with E-state index >= 15 is 0 Å². The van der Waals surface area contributed by atoms with Crippen molar-refractivity contribution in [2.75, 3.05) is 24.1 Å². The number of nitrogen functional groups attached to an aromatic ring is 1. The molecule has 5 heteroatoms. The molecule has 0 amide bonds. The lowest BCUT2D eigenvalue weighted by Crippen LogP contribution is -2.41. The van der Waals surface area contributed by atoms with E-state index < -0.39 is 0 Å². The lowest BCUT2D eigenvalue weighted by molar-refractivity contribution is 0.193. The van der Waals surface area contributed by atoms with Gasteiger partial charge in [-0.2, -0.15) is 0 Å². The van der Waals surface area contributed by atoms with Crippen LogP contribution >= 0.6 is 15.9 Å². The van der Waals surface area contributed by atoms with Gasteiger partial charge >= 0.3 is 0 Å². The van der Waals surface area contributed by atoms with Crippen LogP contribution in [0.15, 0.2) is 16.6 Å². The summed E-state index contributed by atoms with van der Waals surface area (Å²) >= 11 is 3.16. The molecule has 2 atom stereocenters. The van der Waals surface area contributed by atoms with Crippen molar-refractivity contribution in [2.24, 2.45) is 0 Å². The molecule has 1 aromatic rings. The first-order valence-electron chi connectivity index (χ1n) is 6.90. The molecule has 2 aliphatic heterocycles. The highest BCUT2D eigenvalue weighted by atomic mass is 79.9. The number of rotatable bonds is 2. The zero-order chi connectivity index (χ0) is 13.4. The molecule has 3 nitrogen and oxygen atoms in total. The molecule has 0 aromatic heterocycles. The maximum Gasteiger partial charge on any atom is 0.139 e. The molecule has 0 spiro atoms. The molecule has 2 fully saturated rings. The summed E-state index contributed by atoms with van der Waals surface area (Å²) in [7, 11) is 0. The highest BCUT2D eigenvalue weighted by molar-refractivity contribution is 9.10. The van der Waals surface area contributed by atoms with Gasteiger partial charge in [-0.25, -0.2) is 4.39 Å². The van der Waals surface area contributed by atoms with Crippen LogP contribution in [0.3, 0.4) is 0 Å². The maximum absolute atomic E-state index is 13.6. The summed E-state index contributed by atoms with van der Waals surface area (Å²) in [5.74, 6) is -0.268. The molecule has 0 aliphatic carbocycles. The van der Waals surface area contributed by atoms with Crippen LogP contribution < -0.4 is 11.1 Å². The van der Waals surface area contributed by atoms with Crippen molar-refractivity contribution in [2.45, 2.75) is 37.8 Å². The fraction of sp³-hybridized carbons (Fsp3) is 0.571. The number of hydrogen-bond donors (Lipinski definition) is 2. The Morgan fingerprint density at radius 1 is 1.26 bits per heavy atom. The SMILES string of the molecule is Nc1cc(Br)c(F)cc1NC1CCN2CCCCC12. The van der Waals surface area contributed by atoms with E-state index in [1.165, 1.54) is 31.9 Å². The Balaban J connectivity index is 1.76. The molecule has 3 N–H and O–H groups in total. The Labute approximate surface area is 121 Å². The van der Waals surface area contributed by atoms with E-state index in [-0.39, 0.29) is 5.82 Å². The normalized spacial score (nSPS) is 27.3. The van der Waals surface area contributed by atoms with E-state index in [4.69, 9.17) is 5.73 Å². The standard InChI is InChI=1S/C14H19BrFN3/c15-9-7-11(17)13(8-10(9)16)18-12-4-6-19-5-2-1-3-14(12)19/h7-8,12,14,18H,1-6,17H2. The highest BCUT2D eigenvalue weighted by Crippen LogP contribution is 2.32. The van der Waals surface area contributed by atoms with Gasteiger partial charge in [0.2, 0.25) is 0 Å². The minimum absolute atomic E-state index is 0.268. The monoisotopic (exact) mass is 327 g/mol. The van der Waals surface area contributed by atoms with Gasteiger partial charge in [0.1, 0.15) is 5.82 Å². The van der Waals surface area contributed by atoms with Gasteiger partial charge < -0.3 is 11.1 Å². The number of piperidine rings is 1. The topological polar surface area (TPSA) is 41.3 Å². The Bertz CT molecular complexity index is 480. The van der Waals surface area contributed by atoms with Crippen LogP contribution in [0.5, 0.6) is 0 Å². The molecule has 2 heterocycles. The lowest BCUT2D eigenvalue weighted by Gasteiger charge is -2.33. The average molecular weight is 328 g/mol. The first-order chi connectivity index (χ1) is 9.15.